The van der Waals surface area contributed by atoms with E-state index in [2.05, 4.69) is 19.3 Å². The van der Waals surface area contributed by atoms with Gasteiger partial charge in [0.05, 0.1) is 0 Å². The van der Waals surface area contributed by atoms with Gasteiger partial charge in [-0.3, -0.25) is 11.3 Å². The highest BCUT2D eigenvalue weighted by Gasteiger charge is 2.27. The van der Waals surface area contributed by atoms with Crippen molar-refractivity contribution >= 4 is 0 Å². The molecule has 0 spiro atoms. The first-order valence-corrected chi connectivity index (χ1v) is 8.24. The molecule has 0 aromatic rings. The number of nitrogens with two attached hydrogens (primary N) is 1. The van der Waals surface area contributed by atoms with Gasteiger partial charge in [-0.15, -0.1) is 0 Å². The largest absolute Gasteiger partial charge is 0.271 e. The fourth-order valence-corrected chi connectivity index (χ4v) is 3.39. The van der Waals surface area contributed by atoms with Crippen molar-refractivity contribution in [1.82, 2.24) is 5.43 Å². The third-order valence-corrected chi connectivity index (χ3v) is 4.64. The topological polar surface area (TPSA) is 38.0 Å². The minimum atomic E-state index is 0.575. The van der Waals surface area contributed by atoms with Crippen LogP contribution in [-0.4, -0.2) is 6.04 Å². The Kier molecular flexibility index (Phi) is 8.70. The van der Waals surface area contributed by atoms with Crippen molar-refractivity contribution in [2.75, 3.05) is 0 Å². The van der Waals surface area contributed by atoms with Crippen LogP contribution in [0.2, 0.25) is 0 Å². The van der Waals surface area contributed by atoms with Crippen molar-refractivity contribution in [2.24, 2.45) is 17.7 Å². The third kappa shape index (κ3) is 6.19. The summed E-state index contributed by atoms with van der Waals surface area (Å²) in [6.07, 6.45) is 15.2. The van der Waals surface area contributed by atoms with Crippen LogP contribution >= 0.6 is 0 Å². The van der Waals surface area contributed by atoms with E-state index in [0.717, 1.165) is 11.8 Å². The Balaban J connectivity index is 2.02. The number of rotatable bonds is 10. The minimum absolute atomic E-state index is 0.575. The maximum absolute atomic E-state index is 5.73. The van der Waals surface area contributed by atoms with Crippen LogP contribution in [0.3, 0.4) is 0 Å². The van der Waals surface area contributed by atoms with Crippen molar-refractivity contribution in [3.8, 4) is 0 Å². The molecule has 0 amide bonds. The maximum atomic E-state index is 5.73. The van der Waals surface area contributed by atoms with Gasteiger partial charge in [-0.05, 0) is 31.1 Å². The van der Waals surface area contributed by atoms with E-state index in [9.17, 15) is 0 Å². The van der Waals surface area contributed by atoms with Gasteiger partial charge in [0.1, 0.15) is 0 Å². The second-order valence-electron chi connectivity index (χ2n) is 6.36. The molecule has 3 N–H and O–H groups in total. The van der Waals surface area contributed by atoms with Crippen LogP contribution in [0.15, 0.2) is 0 Å². The smallest absolute Gasteiger partial charge is 0.0238 e. The highest BCUT2D eigenvalue weighted by molar-refractivity contribution is 4.82. The molecule has 18 heavy (non-hydrogen) atoms. The first-order chi connectivity index (χ1) is 8.77. The van der Waals surface area contributed by atoms with Crippen LogP contribution in [0.25, 0.3) is 0 Å². The molecule has 1 aliphatic rings. The molecule has 2 heteroatoms. The molecule has 0 radical (unpaired) electrons. The van der Waals surface area contributed by atoms with Crippen molar-refractivity contribution < 1.29 is 0 Å². The molecule has 0 bridgehead atoms. The summed E-state index contributed by atoms with van der Waals surface area (Å²) >= 11 is 0. The van der Waals surface area contributed by atoms with E-state index in [-0.39, 0.29) is 0 Å². The molecule has 1 aliphatic carbocycles. The lowest BCUT2D eigenvalue weighted by Crippen LogP contribution is -2.40. The summed E-state index contributed by atoms with van der Waals surface area (Å²) in [7, 11) is 0. The Morgan fingerprint density at radius 2 is 1.72 bits per heavy atom. The molecule has 0 aliphatic heterocycles. The molecule has 0 heterocycles. The molecule has 108 valence electrons. The number of unbranched alkanes of at least 4 members (excludes halogenated alkanes) is 6. The van der Waals surface area contributed by atoms with Gasteiger partial charge >= 0.3 is 0 Å². The van der Waals surface area contributed by atoms with Gasteiger partial charge in [-0.2, -0.15) is 0 Å². The predicted octanol–water partition coefficient (Wildman–Crippen LogP) is 4.40. The van der Waals surface area contributed by atoms with Crippen LogP contribution in [0.5, 0.6) is 0 Å². The van der Waals surface area contributed by atoms with Crippen LogP contribution < -0.4 is 11.3 Å². The van der Waals surface area contributed by atoms with Crippen molar-refractivity contribution in [1.29, 1.82) is 0 Å². The summed E-state index contributed by atoms with van der Waals surface area (Å²) in [4.78, 5) is 0. The number of hydrogen-bond acceptors (Lipinski definition) is 2. The van der Waals surface area contributed by atoms with Crippen LogP contribution in [0.1, 0.15) is 84.5 Å². The number of hydrogen-bond donors (Lipinski definition) is 2. The fourth-order valence-electron chi connectivity index (χ4n) is 3.39. The molecule has 1 fully saturated rings. The van der Waals surface area contributed by atoms with Gasteiger partial charge in [0.15, 0.2) is 0 Å². The minimum Gasteiger partial charge on any atom is -0.271 e. The lowest BCUT2D eigenvalue weighted by molar-refractivity contribution is 0.327. The summed E-state index contributed by atoms with van der Waals surface area (Å²) in [6.45, 7) is 4.65. The number of hydrazine groups is 1. The van der Waals surface area contributed by atoms with Crippen LogP contribution in [0, 0.1) is 11.8 Å². The first kappa shape index (κ1) is 16.0. The summed E-state index contributed by atoms with van der Waals surface area (Å²) in [5.74, 6) is 7.48. The summed E-state index contributed by atoms with van der Waals surface area (Å²) in [5, 5.41) is 0. The molecule has 0 aromatic heterocycles. The predicted molar refractivity (Wildman–Crippen MR) is 80.2 cm³/mol. The molecule has 2 nitrogen and oxygen atoms in total. The quantitative estimate of drug-likeness (QED) is 0.344. The van der Waals surface area contributed by atoms with Crippen molar-refractivity contribution in [3.63, 3.8) is 0 Å². The van der Waals surface area contributed by atoms with E-state index in [1.54, 1.807) is 0 Å². The SMILES string of the molecule is CCCCCCCCCC(NN)C1CCC(C)C1. The second-order valence-corrected chi connectivity index (χ2v) is 6.36. The van der Waals surface area contributed by atoms with Gasteiger partial charge < -0.3 is 0 Å². The van der Waals surface area contributed by atoms with E-state index in [1.807, 2.05) is 0 Å². The van der Waals surface area contributed by atoms with Crippen LogP contribution in [0.4, 0.5) is 0 Å². The Bertz CT molecular complexity index is 194. The molecule has 3 unspecified atom stereocenters. The van der Waals surface area contributed by atoms with Crippen LogP contribution in [-0.2, 0) is 0 Å². The van der Waals surface area contributed by atoms with E-state index in [4.69, 9.17) is 5.84 Å². The van der Waals surface area contributed by atoms with E-state index in [0.29, 0.717) is 6.04 Å². The lowest BCUT2D eigenvalue weighted by atomic mass is 9.92. The Morgan fingerprint density at radius 1 is 1.06 bits per heavy atom. The molecule has 0 aromatic carbocycles. The number of nitrogens with one attached hydrogen (secondary N) is 1. The van der Waals surface area contributed by atoms with Gasteiger partial charge in [0, 0.05) is 6.04 Å². The third-order valence-electron chi connectivity index (χ3n) is 4.64. The van der Waals surface area contributed by atoms with E-state index in [1.165, 1.54) is 70.6 Å². The zero-order chi connectivity index (χ0) is 13.2. The molecule has 3 atom stereocenters. The molecule has 1 saturated carbocycles. The summed E-state index contributed by atoms with van der Waals surface area (Å²) < 4.78 is 0. The van der Waals surface area contributed by atoms with Crippen molar-refractivity contribution in [3.05, 3.63) is 0 Å². The molecule has 1 rings (SSSR count). The van der Waals surface area contributed by atoms with Gasteiger partial charge in [-0.1, -0.05) is 65.2 Å². The Hall–Kier alpha value is -0.0800. The molecule has 0 saturated heterocycles. The Morgan fingerprint density at radius 3 is 2.28 bits per heavy atom. The normalized spacial score (nSPS) is 25.5. The second kappa shape index (κ2) is 9.80. The fraction of sp³-hybridized carbons (Fsp3) is 1.00. The average Bonchev–Trinajstić information content (AvgIpc) is 2.79. The highest BCUT2D eigenvalue weighted by atomic mass is 15.2. The summed E-state index contributed by atoms with van der Waals surface area (Å²) in [6, 6.07) is 0.575. The monoisotopic (exact) mass is 254 g/mol. The average molecular weight is 254 g/mol. The standard InChI is InChI=1S/C16H34N2/c1-3-4-5-6-7-8-9-10-16(18-17)15-12-11-14(2)13-15/h14-16,18H,3-13,17H2,1-2H3. The molecular weight excluding hydrogens is 220 g/mol. The lowest BCUT2D eigenvalue weighted by Gasteiger charge is -2.22. The van der Waals surface area contributed by atoms with Gasteiger partial charge in [0.25, 0.3) is 0 Å². The highest BCUT2D eigenvalue weighted by Crippen LogP contribution is 2.33. The van der Waals surface area contributed by atoms with E-state index >= 15 is 0 Å². The molecular formula is C16H34N2. The van der Waals surface area contributed by atoms with Gasteiger partial charge in [0.2, 0.25) is 0 Å². The summed E-state index contributed by atoms with van der Waals surface area (Å²) in [5.41, 5.74) is 3.08. The van der Waals surface area contributed by atoms with Crippen molar-refractivity contribution in [2.45, 2.75) is 90.5 Å². The first-order valence-electron chi connectivity index (χ1n) is 8.24. The zero-order valence-electron chi connectivity index (χ0n) is 12.6. The van der Waals surface area contributed by atoms with E-state index < -0.39 is 0 Å². The Labute approximate surface area is 114 Å². The maximum Gasteiger partial charge on any atom is 0.0238 e. The zero-order valence-corrected chi connectivity index (χ0v) is 12.6. The van der Waals surface area contributed by atoms with Gasteiger partial charge in [-0.25, -0.2) is 0 Å².